The zero-order chi connectivity index (χ0) is 9.97. The van der Waals surface area contributed by atoms with Crippen LogP contribution >= 0.6 is 23.5 Å². The fourth-order valence-electron chi connectivity index (χ4n) is 1.13. The molecule has 2 aromatic heterocycles. The van der Waals surface area contributed by atoms with E-state index in [4.69, 9.17) is 0 Å². The number of imidazole rings is 1. The number of nitrogens with zero attached hydrogens (tertiary/aromatic N) is 3. The van der Waals surface area contributed by atoms with E-state index in [1.165, 1.54) is 0 Å². The first-order valence-electron chi connectivity index (χ1n) is 4.22. The Balaban J connectivity index is 2.55. The normalized spacial score (nSPS) is 11.0. The van der Waals surface area contributed by atoms with Gasteiger partial charge in [-0.15, -0.1) is 11.8 Å². The lowest BCUT2D eigenvalue weighted by molar-refractivity contribution is 1.07. The maximum Gasteiger partial charge on any atom is 0.182 e. The lowest BCUT2D eigenvalue weighted by atomic mass is 10.6. The van der Waals surface area contributed by atoms with E-state index in [2.05, 4.69) is 26.9 Å². The summed E-state index contributed by atoms with van der Waals surface area (Å²) in [5, 5.41) is 1.86. The van der Waals surface area contributed by atoms with Crippen molar-refractivity contribution in [3.05, 3.63) is 6.33 Å². The minimum atomic E-state index is 0.750. The highest BCUT2D eigenvalue weighted by molar-refractivity contribution is 7.99. The summed E-state index contributed by atoms with van der Waals surface area (Å²) in [6.07, 6.45) is 3.54. The molecule has 4 nitrogen and oxygen atoms in total. The summed E-state index contributed by atoms with van der Waals surface area (Å²) in [6, 6.07) is 0. The molecule has 0 atom stereocenters. The Morgan fingerprint density at radius 2 is 2.29 bits per heavy atom. The van der Waals surface area contributed by atoms with Crippen LogP contribution < -0.4 is 0 Å². The quantitative estimate of drug-likeness (QED) is 0.642. The molecule has 1 N–H and O–H groups in total. The second-order valence-corrected chi connectivity index (χ2v) is 4.60. The second-order valence-electron chi connectivity index (χ2n) is 2.56. The van der Waals surface area contributed by atoms with Gasteiger partial charge in [-0.1, -0.05) is 18.7 Å². The van der Waals surface area contributed by atoms with Crippen LogP contribution in [0.4, 0.5) is 0 Å². The highest BCUT2D eigenvalue weighted by Crippen LogP contribution is 2.24. The second kappa shape index (κ2) is 4.18. The largest absolute Gasteiger partial charge is 0.329 e. The van der Waals surface area contributed by atoms with Crippen LogP contribution in [0.5, 0.6) is 0 Å². The molecule has 2 rings (SSSR count). The maximum absolute atomic E-state index is 4.32. The Labute approximate surface area is 90.3 Å². The Morgan fingerprint density at radius 1 is 1.43 bits per heavy atom. The molecule has 0 saturated carbocycles. The summed E-state index contributed by atoms with van der Waals surface area (Å²) in [4.78, 5) is 15.8. The third-order valence-electron chi connectivity index (χ3n) is 1.71. The number of hydrogen-bond acceptors (Lipinski definition) is 5. The average Bonchev–Trinajstić information content (AvgIpc) is 2.62. The molecule has 0 radical (unpaired) electrons. The summed E-state index contributed by atoms with van der Waals surface area (Å²) >= 11 is 3.27. The van der Waals surface area contributed by atoms with Crippen LogP contribution in [0.1, 0.15) is 6.92 Å². The molecule has 0 aliphatic rings. The Kier molecular flexibility index (Phi) is 2.93. The number of H-pyrrole nitrogens is 1. The molecule has 0 fully saturated rings. The number of hydrogen-bond donors (Lipinski definition) is 1. The van der Waals surface area contributed by atoms with E-state index >= 15 is 0 Å². The standard InChI is InChI=1S/C8H10N4S2/c1-3-14-7-5-6(9-4-10-7)12-8(11-5)13-2/h4H,3H2,1-2H3,(H,9,10,11,12). The number of aromatic nitrogens is 4. The van der Waals surface area contributed by atoms with Crippen molar-refractivity contribution in [1.82, 2.24) is 19.9 Å². The van der Waals surface area contributed by atoms with Crippen molar-refractivity contribution >= 4 is 34.7 Å². The molecule has 0 aliphatic heterocycles. The van der Waals surface area contributed by atoms with E-state index in [1.54, 1.807) is 29.9 Å². The minimum absolute atomic E-state index is 0.750. The van der Waals surface area contributed by atoms with Crippen molar-refractivity contribution in [1.29, 1.82) is 0 Å². The van der Waals surface area contributed by atoms with Crippen molar-refractivity contribution in [2.24, 2.45) is 0 Å². The van der Waals surface area contributed by atoms with Crippen LogP contribution in [0.2, 0.25) is 0 Å². The number of rotatable bonds is 3. The van der Waals surface area contributed by atoms with Crippen LogP contribution in [-0.4, -0.2) is 31.9 Å². The van der Waals surface area contributed by atoms with Crippen molar-refractivity contribution in [3.63, 3.8) is 0 Å². The summed E-state index contributed by atoms with van der Waals surface area (Å²) in [5.41, 5.74) is 1.70. The van der Waals surface area contributed by atoms with Crippen molar-refractivity contribution in [2.75, 3.05) is 12.0 Å². The van der Waals surface area contributed by atoms with Gasteiger partial charge in [0.15, 0.2) is 10.8 Å². The molecule has 6 heteroatoms. The molecule has 0 aliphatic carbocycles. The highest BCUT2D eigenvalue weighted by atomic mass is 32.2. The zero-order valence-electron chi connectivity index (χ0n) is 7.94. The molecule has 0 bridgehead atoms. The zero-order valence-corrected chi connectivity index (χ0v) is 9.58. The molecule has 0 unspecified atom stereocenters. The summed E-state index contributed by atoms with van der Waals surface area (Å²) in [5.74, 6) is 1.000. The molecule has 0 aromatic carbocycles. The molecule has 2 heterocycles. The average molecular weight is 226 g/mol. The first-order valence-corrected chi connectivity index (χ1v) is 6.43. The Morgan fingerprint density at radius 3 is 3.00 bits per heavy atom. The van der Waals surface area contributed by atoms with Crippen LogP contribution in [0.3, 0.4) is 0 Å². The number of nitrogens with one attached hydrogen (secondary N) is 1. The maximum atomic E-state index is 4.32. The highest BCUT2D eigenvalue weighted by Gasteiger charge is 2.08. The topological polar surface area (TPSA) is 54.5 Å². The molecular weight excluding hydrogens is 216 g/mol. The minimum Gasteiger partial charge on any atom is -0.329 e. The van der Waals surface area contributed by atoms with E-state index < -0.39 is 0 Å². The number of fused-ring (bicyclic) bond motifs is 1. The van der Waals surface area contributed by atoms with Gasteiger partial charge in [0.05, 0.1) is 0 Å². The van der Waals surface area contributed by atoms with Crippen molar-refractivity contribution < 1.29 is 0 Å². The van der Waals surface area contributed by atoms with Crippen LogP contribution in [0, 0.1) is 0 Å². The monoisotopic (exact) mass is 226 g/mol. The SMILES string of the molecule is CCSc1ncnc2nc(SC)[nH]c12. The van der Waals surface area contributed by atoms with E-state index in [9.17, 15) is 0 Å². The van der Waals surface area contributed by atoms with Gasteiger partial charge < -0.3 is 4.98 Å². The third kappa shape index (κ3) is 1.72. The van der Waals surface area contributed by atoms with Gasteiger partial charge in [0.1, 0.15) is 16.9 Å². The van der Waals surface area contributed by atoms with Gasteiger partial charge in [-0.3, -0.25) is 0 Å². The van der Waals surface area contributed by atoms with Crippen LogP contribution in [0.25, 0.3) is 11.2 Å². The third-order valence-corrected chi connectivity index (χ3v) is 3.16. The Bertz CT molecular complexity index is 440. The number of thioether (sulfide) groups is 2. The van der Waals surface area contributed by atoms with Crippen LogP contribution in [-0.2, 0) is 0 Å². The van der Waals surface area contributed by atoms with Gasteiger partial charge in [-0.05, 0) is 12.0 Å². The van der Waals surface area contributed by atoms with Gasteiger partial charge in [0.25, 0.3) is 0 Å². The van der Waals surface area contributed by atoms with Gasteiger partial charge in [0, 0.05) is 0 Å². The molecule has 14 heavy (non-hydrogen) atoms. The van der Waals surface area contributed by atoms with Crippen molar-refractivity contribution in [3.8, 4) is 0 Å². The van der Waals surface area contributed by atoms with Crippen LogP contribution in [0.15, 0.2) is 16.5 Å². The lowest BCUT2D eigenvalue weighted by Gasteiger charge is -1.96. The van der Waals surface area contributed by atoms with Gasteiger partial charge >= 0.3 is 0 Å². The lowest BCUT2D eigenvalue weighted by Crippen LogP contribution is -1.85. The summed E-state index contributed by atoms with van der Waals surface area (Å²) in [7, 11) is 0. The van der Waals surface area contributed by atoms with Gasteiger partial charge in [-0.25, -0.2) is 15.0 Å². The van der Waals surface area contributed by atoms with Gasteiger partial charge in [0.2, 0.25) is 0 Å². The first-order chi connectivity index (χ1) is 6.85. The first kappa shape index (κ1) is 9.79. The van der Waals surface area contributed by atoms with E-state index in [1.807, 2.05) is 6.26 Å². The summed E-state index contributed by atoms with van der Waals surface area (Å²) < 4.78 is 0. The molecule has 0 amide bonds. The van der Waals surface area contributed by atoms with E-state index in [-0.39, 0.29) is 0 Å². The van der Waals surface area contributed by atoms with Crippen molar-refractivity contribution in [2.45, 2.75) is 17.1 Å². The molecular formula is C8H10N4S2. The Hall–Kier alpha value is -0.750. The van der Waals surface area contributed by atoms with E-state index in [0.717, 1.165) is 27.1 Å². The number of aromatic amines is 1. The molecule has 2 aromatic rings. The predicted octanol–water partition coefficient (Wildman–Crippen LogP) is 2.19. The van der Waals surface area contributed by atoms with E-state index in [0.29, 0.717) is 0 Å². The fourth-order valence-corrected chi connectivity index (χ4v) is 2.19. The fraction of sp³-hybridized carbons (Fsp3) is 0.375. The van der Waals surface area contributed by atoms with Gasteiger partial charge in [-0.2, -0.15) is 0 Å². The predicted molar refractivity (Wildman–Crippen MR) is 59.9 cm³/mol. The summed E-state index contributed by atoms with van der Waals surface area (Å²) in [6.45, 7) is 2.10. The smallest absolute Gasteiger partial charge is 0.182 e. The molecule has 0 saturated heterocycles. The molecule has 74 valence electrons. The molecule has 0 spiro atoms.